The van der Waals surface area contributed by atoms with Crippen LogP contribution in [0.1, 0.15) is 24.1 Å². The van der Waals surface area contributed by atoms with Gasteiger partial charge < -0.3 is 20.9 Å². The molecule has 0 radical (unpaired) electrons. The van der Waals surface area contributed by atoms with Crippen LogP contribution in [0.15, 0.2) is 59.6 Å². The maximum absolute atomic E-state index is 11.9. The standard InChI is InChI=1S/C21H29N5O/c1-16(18-10-6-5-7-11-18)24-21(22-2)23-14-17-9-8-12-19(13-17)25-20(27)15-26(3)4/h5-13,16H,14-15H2,1-4H3,(H,25,27)(H2,22,23,24). The summed E-state index contributed by atoms with van der Waals surface area (Å²) in [4.78, 5) is 18.0. The van der Waals surface area contributed by atoms with E-state index < -0.39 is 0 Å². The summed E-state index contributed by atoms with van der Waals surface area (Å²) in [6, 6.07) is 18.2. The summed E-state index contributed by atoms with van der Waals surface area (Å²) >= 11 is 0. The van der Waals surface area contributed by atoms with Crippen LogP contribution in [0.3, 0.4) is 0 Å². The fraction of sp³-hybridized carbons (Fsp3) is 0.333. The van der Waals surface area contributed by atoms with Crippen LogP contribution in [-0.4, -0.2) is 44.5 Å². The number of carbonyl (C=O) groups excluding carboxylic acids is 1. The van der Waals surface area contributed by atoms with Gasteiger partial charge in [0.15, 0.2) is 5.96 Å². The Bertz CT molecular complexity index is 758. The zero-order chi connectivity index (χ0) is 19.6. The molecule has 0 fully saturated rings. The second kappa shape index (κ2) is 10.3. The number of hydrogen-bond donors (Lipinski definition) is 3. The number of nitrogens with one attached hydrogen (secondary N) is 3. The normalized spacial score (nSPS) is 12.6. The van der Waals surface area contributed by atoms with E-state index in [0.29, 0.717) is 13.1 Å². The third-order valence-corrected chi connectivity index (χ3v) is 4.01. The van der Waals surface area contributed by atoms with E-state index in [4.69, 9.17) is 0 Å². The third-order valence-electron chi connectivity index (χ3n) is 4.01. The lowest BCUT2D eigenvalue weighted by atomic mass is 10.1. The highest BCUT2D eigenvalue weighted by molar-refractivity contribution is 5.92. The summed E-state index contributed by atoms with van der Waals surface area (Å²) in [5, 5.41) is 9.62. The molecule has 6 nitrogen and oxygen atoms in total. The van der Waals surface area contributed by atoms with Crippen molar-refractivity contribution in [1.29, 1.82) is 0 Å². The number of nitrogens with zero attached hydrogens (tertiary/aromatic N) is 2. The molecule has 0 bridgehead atoms. The van der Waals surface area contributed by atoms with Crippen LogP contribution in [0, 0.1) is 0 Å². The largest absolute Gasteiger partial charge is 0.352 e. The van der Waals surface area contributed by atoms with Crippen molar-refractivity contribution in [3.63, 3.8) is 0 Å². The first-order valence-corrected chi connectivity index (χ1v) is 9.03. The average Bonchev–Trinajstić information content (AvgIpc) is 2.65. The fourth-order valence-corrected chi connectivity index (χ4v) is 2.66. The van der Waals surface area contributed by atoms with E-state index in [-0.39, 0.29) is 11.9 Å². The highest BCUT2D eigenvalue weighted by Crippen LogP contribution is 2.12. The van der Waals surface area contributed by atoms with E-state index in [1.165, 1.54) is 5.56 Å². The van der Waals surface area contributed by atoms with Gasteiger partial charge in [0, 0.05) is 19.3 Å². The fourth-order valence-electron chi connectivity index (χ4n) is 2.66. The predicted octanol–water partition coefficient (Wildman–Crippen LogP) is 2.61. The van der Waals surface area contributed by atoms with E-state index in [0.717, 1.165) is 17.2 Å². The number of aliphatic imine (C=N–C) groups is 1. The Labute approximate surface area is 161 Å². The van der Waals surface area contributed by atoms with Gasteiger partial charge in [0.1, 0.15) is 0 Å². The molecule has 6 heteroatoms. The Morgan fingerprint density at radius 1 is 1.11 bits per heavy atom. The summed E-state index contributed by atoms with van der Waals surface area (Å²) in [5.41, 5.74) is 3.06. The Morgan fingerprint density at radius 2 is 1.85 bits per heavy atom. The first kappa shape index (κ1) is 20.5. The molecule has 0 saturated heterocycles. The van der Waals surface area contributed by atoms with Crippen LogP contribution < -0.4 is 16.0 Å². The molecule has 0 spiro atoms. The van der Waals surface area contributed by atoms with Gasteiger partial charge in [-0.1, -0.05) is 42.5 Å². The summed E-state index contributed by atoms with van der Waals surface area (Å²) in [7, 11) is 5.49. The number of guanidine groups is 1. The van der Waals surface area contributed by atoms with Crippen molar-refractivity contribution in [1.82, 2.24) is 15.5 Å². The lowest BCUT2D eigenvalue weighted by Crippen LogP contribution is -2.38. The highest BCUT2D eigenvalue weighted by atomic mass is 16.2. The van der Waals surface area contributed by atoms with Gasteiger partial charge in [-0.25, -0.2) is 0 Å². The predicted molar refractivity (Wildman–Crippen MR) is 112 cm³/mol. The first-order valence-electron chi connectivity index (χ1n) is 9.03. The molecule has 0 aliphatic heterocycles. The van der Waals surface area contributed by atoms with Crippen LogP contribution in [0.4, 0.5) is 5.69 Å². The van der Waals surface area contributed by atoms with E-state index in [2.05, 4.69) is 40.0 Å². The number of anilines is 1. The quantitative estimate of drug-likeness (QED) is 0.520. The Kier molecular flexibility index (Phi) is 7.82. The van der Waals surface area contributed by atoms with Gasteiger partial charge in [0.2, 0.25) is 5.91 Å². The lowest BCUT2D eigenvalue weighted by Gasteiger charge is -2.18. The molecular weight excluding hydrogens is 338 g/mol. The smallest absolute Gasteiger partial charge is 0.238 e. The van der Waals surface area contributed by atoms with Gasteiger partial charge in [0.25, 0.3) is 0 Å². The van der Waals surface area contributed by atoms with Crippen molar-refractivity contribution < 1.29 is 4.79 Å². The Morgan fingerprint density at radius 3 is 2.52 bits per heavy atom. The van der Waals surface area contributed by atoms with Crippen molar-refractivity contribution in [2.45, 2.75) is 19.5 Å². The van der Waals surface area contributed by atoms with E-state index in [1.807, 2.05) is 61.5 Å². The Balaban J connectivity index is 1.90. The summed E-state index contributed by atoms with van der Waals surface area (Å²) in [6.45, 7) is 3.07. The van der Waals surface area contributed by atoms with Gasteiger partial charge in [-0.05, 0) is 44.3 Å². The van der Waals surface area contributed by atoms with Crippen LogP contribution in [-0.2, 0) is 11.3 Å². The maximum Gasteiger partial charge on any atom is 0.238 e. The number of carbonyl (C=O) groups is 1. The van der Waals surface area contributed by atoms with Crippen molar-refractivity contribution >= 4 is 17.6 Å². The van der Waals surface area contributed by atoms with Crippen molar-refractivity contribution in [3.8, 4) is 0 Å². The summed E-state index contributed by atoms with van der Waals surface area (Å²) < 4.78 is 0. The van der Waals surface area contributed by atoms with Crippen molar-refractivity contribution in [3.05, 3.63) is 65.7 Å². The molecule has 2 aromatic carbocycles. The van der Waals surface area contributed by atoms with Gasteiger partial charge >= 0.3 is 0 Å². The number of likely N-dealkylation sites (N-methyl/N-ethyl adjacent to an activating group) is 1. The molecule has 0 aliphatic rings. The Hall–Kier alpha value is -2.86. The first-order chi connectivity index (χ1) is 13.0. The second-order valence-electron chi connectivity index (χ2n) is 6.69. The average molecular weight is 367 g/mol. The topological polar surface area (TPSA) is 68.8 Å². The molecule has 27 heavy (non-hydrogen) atoms. The molecule has 1 unspecified atom stereocenters. The van der Waals surface area contributed by atoms with Crippen LogP contribution in [0.25, 0.3) is 0 Å². The van der Waals surface area contributed by atoms with Crippen molar-refractivity contribution in [2.75, 3.05) is 33.0 Å². The summed E-state index contributed by atoms with van der Waals surface area (Å²) in [5.74, 6) is 0.702. The molecule has 0 aliphatic carbocycles. The SMILES string of the molecule is CN=C(NCc1cccc(NC(=O)CN(C)C)c1)NC(C)c1ccccc1. The molecule has 3 N–H and O–H groups in total. The third kappa shape index (κ3) is 7.11. The molecule has 1 amide bonds. The lowest BCUT2D eigenvalue weighted by molar-refractivity contribution is -0.116. The highest BCUT2D eigenvalue weighted by Gasteiger charge is 2.08. The van der Waals surface area contributed by atoms with Gasteiger partial charge in [-0.3, -0.25) is 9.79 Å². The van der Waals surface area contributed by atoms with Gasteiger partial charge in [0.05, 0.1) is 12.6 Å². The van der Waals surface area contributed by atoms with Gasteiger partial charge in [-0.15, -0.1) is 0 Å². The van der Waals surface area contributed by atoms with Gasteiger partial charge in [-0.2, -0.15) is 0 Å². The summed E-state index contributed by atoms with van der Waals surface area (Å²) in [6.07, 6.45) is 0. The van der Waals surface area contributed by atoms with Crippen LogP contribution in [0.5, 0.6) is 0 Å². The van der Waals surface area contributed by atoms with Crippen molar-refractivity contribution in [2.24, 2.45) is 4.99 Å². The molecule has 0 aromatic heterocycles. The molecular formula is C21H29N5O. The number of amides is 1. The zero-order valence-electron chi connectivity index (χ0n) is 16.5. The molecule has 0 heterocycles. The molecule has 2 rings (SSSR count). The maximum atomic E-state index is 11.9. The second-order valence-corrected chi connectivity index (χ2v) is 6.69. The molecule has 144 valence electrons. The number of rotatable bonds is 7. The minimum absolute atomic E-state index is 0.0285. The van der Waals surface area contributed by atoms with Crippen LogP contribution >= 0.6 is 0 Å². The zero-order valence-corrected chi connectivity index (χ0v) is 16.5. The monoisotopic (exact) mass is 367 g/mol. The van der Waals surface area contributed by atoms with E-state index in [1.54, 1.807) is 7.05 Å². The van der Waals surface area contributed by atoms with Crippen LogP contribution in [0.2, 0.25) is 0 Å². The minimum atomic E-state index is -0.0285. The van der Waals surface area contributed by atoms with E-state index in [9.17, 15) is 4.79 Å². The number of benzene rings is 2. The van der Waals surface area contributed by atoms with E-state index >= 15 is 0 Å². The molecule has 2 aromatic rings. The molecule has 1 atom stereocenters. The number of hydrogen-bond acceptors (Lipinski definition) is 3. The minimum Gasteiger partial charge on any atom is -0.352 e. The molecule has 0 saturated carbocycles.